The number of aliphatic hydroxyl groups is 1. The fraction of sp³-hybridized carbons (Fsp3) is 1.00. The minimum atomic E-state index is -0.854. The van der Waals surface area contributed by atoms with E-state index in [9.17, 15) is 4.39 Å². The van der Waals surface area contributed by atoms with E-state index in [0.29, 0.717) is 12.3 Å². The molecular formula is C8H16FNO. The summed E-state index contributed by atoms with van der Waals surface area (Å²) in [5.74, 6) is 0.645. The zero-order valence-electron chi connectivity index (χ0n) is 6.89. The second kappa shape index (κ2) is 3.07. The third-order valence-corrected chi connectivity index (χ3v) is 2.33. The van der Waals surface area contributed by atoms with Gasteiger partial charge in [0.15, 0.2) is 0 Å². The first-order valence-corrected chi connectivity index (χ1v) is 4.09. The molecule has 0 spiro atoms. The van der Waals surface area contributed by atoms with Crippen molar-refractivity contribution in [1.82, 2.24) is 0 Å². The Morgan fingerprint density at radius 3 is 2.64 bits per heavy atom. The summed E-state index contributed by atoms with van der Waals surface area (Å²) in [6.07, 6.45) is 1.40. The Labute approximate surface area is 66.6 Å². The Balaban J connectivity index is 2.26. The third kappa shape index (κ3) is 2.14. The van der Waals surface area contributed by atoms with Gasteiger partial charge in [-0.15, -0.1) is 0 Å². The maximum atomic E-state index is 11.9. The molecule has 0 aromatic carbocycles. The van der Waals surface area contributed by atoms with Gasteiger partial charge in [-0.05, 0) is 25.2 Å². The Morgan fingerprint density at radius 1 is 1.73 bits per heavy atom. The first kappa shape index (κ1) is 8.94. The molecule has 0 heterocycles. The van der Waals surface area contributed by atoms with Gasteiger partial charge in [0.25, 0.3) is 0 Å². The highest BCUT2D eigenvalue weighted by Gasteiger charge is 2.39. The molecule has 11 heavy (non-hydrogen) atoms. The minimum absolute atomic E-state index is 0.273. The molecule has 0 saturated heterocycles. The first-order chi connectivity index (χ1) is 5.06. The van der Waals surface area contributed by atoms with Crippen molar-refractivity contribution in [3.8, 4) is 0 Å². The van der Waals surface area contributed by atoms with E-state index in [0.717, 1.165) is 12.8 Å². The summed E-state index contributed by atoms with van der Waals surface area (Å²) >= 11 is 0. The van der Waals surface area contributed by atoms with Crippen LogP contribution < -0.4 is 5.73 Å². The molecule has 1 aliphatic rings. The van der Waals surface area contributed by atoms with E-state index in [1.54, 1.807) is 0 Å². The molecule has 0 radical (unpaired) electrons. The fourth-order valence-corrected chi connectivity index (χ4v) is 2.02. The van der Waals surface area contributed by atoms with Crippen LogP contribution in [-0.2, 0) is 0 Å². The van der Waals surface area contributed by atoms with E-state index >= 15 is 0 Å². The molecule has 66 valence electrons. The molecule has 1 atom stereocenters. The van der Waals surface area contributed by atoms with Crippen molar-refractivity contribution in [2.75, 3.05) is 6.67 Å². The second-order valence-electron chi connectivity index (χ2n) is 3.89. The predicted octanol–water partition coefficient (Wildman–Crippen LogP) is 0.834. The van der Waals surface area contributed by atoms with Crippen molar-refractivity contribution in [1.29, 1.82) is 0 Å². The molecule has 0 aromatic rings. The highest BCUT2D eigenvalue weighted by Crippen LogP contribution is 2.38. The third-order valence-electron chi connectivity index (χ3n) is 2.33. The highest BCUT2D eigenvalue weighted by atomic mass is 19.1. The lowest BCUT2D eigenvalue weighted by molar-refractivity contribution is 0.0558. The van der Waals surface area contributed by atoms with Crippen LogP contribution in [0.1, 0.15) is 26.2 Å². The molecule has 1 saturated carbocycles. The van der Waals surface area contributed by atoms with Gasteiger partial charge in [-0.25, -0.2) is 4.39 Å². The van der Waals surface area contributed by atoms with Crippen molar-refractivity contribution in [3.63, 3.8) is 0 Å². The fourth-order valence-electron chi connectivity index (χ4n) is 2.02. The van der Waals surface area contributed by atoms with Crippen LogP contribution in [0, 0.1) is 5.92 Å². The zero-order chi connectivity index (χ0) is 8.48. The Hall–Kier alpha value is -0.150. The van der Waals surface area contributed by atoms with E-state index < -0.39 is 12.8 Å². The normalized spacial score (nSPS) is 39.8. The molecule has 0 amide bonds. The number of hydrogen-bond donors (Lipinski definition) is 2. The summed E-state index contributed by atoms with van der Waals surface area (Å²) < 4.78 is 11.9. The SMILES string of the molecule is CC1CC(N)(CC(O)CF)C1. The number of alkyl halides is 1. The number of nitrogens with two attached hydrogens (primary N) is 1. The van der Waals surface area contributed by atoms with Crippen LogP contribution in [0.25, 0.3) is 0 Å². The summed E-state index contributed by atoms with van der Waals surface area (Å²) in [4.78, 5) is 0. The van der Waals surface area contributed by atoms with Crippen molar-refractivity contribution in [2.45, 2.75) is 37.8 Å². The standard InChI is InChI=1S/C8H16FNO/c1-6-2-8(10,3-6)4-7(11)5-9/h6-7,11H,2-5,10H2,1H3. The van der Waals surface area contributed by atoms with Crippen LogP contribution in [0.3, 0.4) is 0 Å². The Morgan fingerprint density at radius 2 is 2.27 bits per heavy atom. The zero-order valence-corrected chi connectivity index (χ0v) is 6.89. The van der Waals surface area contributed by atoms with Crippen LogP contribution in [0.5, 0.6) is 0 Å². The van der Waals surface area contributed by atoms with Crippen LogP contribution >= 0.6 is 0 Å². The Kier molecular flexibility index (Phi) is 2.50. The van der Waals surface area contributed by atoms with E-state index in [1.807, 2.05) is 0 Å². The van der Waals surface area contributed by atoms with Crippen molar-refractivity contribution >= 4 is 0 Å². The summed E-state index contributed by atoms with van der Waals surface area (Å²) in [5.41, 5.74) is 5.57. The van der Waals surface area contributed by atoms with Crippen molar-refractivity contribution in [2.24, 2.45) is 11.7 Å². The average Bonchev–Trinajstić information content (AvgIpc) is 1.84. The van der Waals surface area contributed by atoms with Crippen LogP contribution in [0.4, 0.5) is 4.39 Å². The first-order valence-electron chi connectivity index (χ1n) is 4.09. The number of hydrogen-bond acceptors (Lipinski definition) is 2. The van der Waals surface area contributed by atoms with E-state index in [2.05, 4.69) is 6.92 Å². The minimum Gasteiger partial charge on any atom is -0.390 e. The average molecular weight is 161 g/mol. The number of halogens is 1. The van der Waals surface area contributed by atoms with Gasteiger partial charge in [0, 0.05) is 5.54 Å². The van der Waals surface area contributed by atoms with Crippen LogP contribution in [0.2, 0.25) is 0 Å². The monoisotopic (exact) mass is 161 g/mol. The smallest absolute Gasteiger partial charge is 0.115 e. The summed E-state index contributed by atoms with van der Waals surface area (Å²) in [7, 11) is 0. The van der Waals surface area contributed by atoms with Gasteiger partial charge >= 0.3 is 0 Å². The molecule has 2 nitrogen and oxygen atoms in total. The van der Waals surface area contributed by atoms with Gasteiger partial charge in [-0.1, -0.05) is 6.92 Å². The summed E-state index contributed by atoms with van der Waals surface area (Å²) in [6, 6.07) is 0. The molecule has 1 rings (SSSR count). The number of rotatable bonds is 3. The summed E-state index contributed by atoms with van der Waals surface area (Å²) in [6.45, 7) is 1.44. The van der Waals surface area contributed by atoms with Gasteiger partial charge in [-0.2, -0.15) is 0 Å². The molecule has 3 N–H and O–H groups in total. The molecule has 0 aromatic heterocycles. The van der Waals surface area contributed by atoms with Gasteiger partial charge in [-0.3, -0.25) is 0 Å². The van der Waals surface area contributed by atoms with Crippen molar-refractivity contribution < 1.29 is 9.50 Å². The molecule has 1 aliphatic carbocycles. The summed E-state index contributed by atoms with van der Waals surface area (Å²) in [5, 5.41) is 8.99. The molecule has 0 bridgehead atoms. The van der Waals surface area contributed by atoms with E-state index in [4.69, 9.17) is 10.8 Å². The topological polar surface area (TPSA) is 46.2 Å². The largest absolute Gasteiger partial charge is 0.390 e. The van der Waals surface area contributed by atoms with Crippen molar-refractivity contribution in [3.05, 3.63) is 0 Å². The van der Waals surface area contributed by atoms with Gasteiger partial charge in [0.05, 0.1) is 6.10 Å². The molecule has 1 fully saturated rings. The lowest BCUT2D eigenvalue weighted by Crippen LogP contribution is -2.53. The second-order valence-corrected chi connectivity index (χ2v) is 3.89. The lowest BCUT2D eigenvalue weighted by atomic mass is 9.67. The number of aliphatic hydroxyl groups excluding tert-OH is 1. The quantitative estimate of drug-likeness (QED) is 0.644. The van der Waals surface area contributed by atoms with Gasteiger partial charge in [0.2, 0.25) is 0 Å². The highest BCUT2D eigenvalue weighted by molar-refractivity contribution is 4.97. The van der Waals surface area contributed by atoms with Gasteiger partial charge < -0.3 is 10.8 Å². The molecule has 0 aliphatic heterocycles. The molecular weight excluding hydrogens is 145 g/mol. The lowest BCUT2D eigenvalue weighted by Gasteiger charge is -2.44. The maximum absolute atomic E-state index is 11.9. The Bertz CT molecular complexity index is 134. The van der Waals surface area contributed by atoms with Gasteiger partial charge in [0.1, 0.15) is 6.67 Å². The van der Waals surface area contributed by atoms with E-state index in [1.165, 1.54) is 0 Å². The predicted molar refractivity (Wildman–Crippen MR) is 41.9 cm³/mol. The molecule has 1 unspecified atom stereocenters. The molecule has 3 heteroatoms. The maximum Gasteiger partial charge on any atom is 0.115 e. The van der Waals surface area contributed by atoms with Crippen LogP contribution in [-0.4, -0.2) is 23.4 Å². The van der Waals surface area contributed by atoms with Crippen LogP contribution in [0.15, 0.2) is 0 Å². The van der Waals surface area contributed by atoms with E-state index in [-0.39, 0.29) is 5.54 Å².